The molecule has 3 nitrogen and oxygen atoms in total. The number of fused-ring (bicyclic) bond motifs is 3. The molecule has 0 aliphatic heterocycles. The summed E-state index contributed by atoms with van der Waals surface area (Å²) in [7, 11) is 0. The zero-order valence-corrected chi connectivity index (χ0v) is 15.0. The molecule has 0 fully saturated rings. The van der Waals surface area contributed by atoms with Crippen molar-refractivity contribution in [2.75, 3.05) is 5.73 Å². The molecule has 3 aromatic carbocycles. The monoisotopic (exact) mass is 375 g/mol. The first-order chi connectivity index (χ1) is 12.6. The first-order valence-electron chi connectivity index (χ1n) is 7.89. The number of nitrogen functional groups attached to an aromatic ring is 1. The highest BCUT2D eigenvalue weighted by Crippen LogP contribution is 2.49. The molecular weight excluding hydrogens is 365 g/mol. The lowest BCUT2D eigenvalue weighted by molar-refractivity contribution is 1.26. The molecule has 3 aromatic rings. The summed E-state index contributed by atoms with van der Waals surface area (Å²) < 4.78 is 0. The van der Waals surface area contributed by atoms with Gasteiger partial charge in [-0.1, -0.05) is 53.5 Å². The van der Waals surface area contributed by atoms with Gasteiger partial charge < -0.3 is 5.73 Å². The maximum absolute atomic E-state index is 9.77. The molecule has 124 valence electrons. The third-order valence-electron chi connectivity index (χ3n) is 4.72. The van der Waals surface area contributed by atoms with Crippen molar-refractivity contribution in [3.63, 3.8) is 0 Å². The Kier molecular flexibility index (Phi) is 3.85. The Bertz CT molecular complexity index is 1170. The lowest BCUT2D eigenvalue weighted by Gasteiger charge is -2.17. The largest absolute Gasteiger partial charge is 0.397 e. The molecule has 0 radical (unpaired) electrons. The van der Waals surface area contributed by atoms with Crippen molar-refractivity contribution in [1.29, 1.82) is 10.5 Å². The summed E-state index contributed by atoms with van der Waals surface area (Å²) in [6.07, 6.45) is 0.615. The van der Waals surface area contributed by atoms with Crippen molar-refractivity contribution in [2.24, 2.45) is 0 Å². The van der Waals surface area contributed by atoms with Crippen LogP contribution < -0.4 is 5.73 Å². The van der Waals surface area contributed by atoms with E-state index < -0.39 is 0 Å². The molecule has 0 unspecified atom stereocenters. The van der Waals surface area contributed by atoms with Crippen molar-refractivity contribution in [1.82, 2.24) is 0 Å². The average molecular weight is 376 g/mol. The van der Waals surface area contributed by atoms with E-state index in [9.17, 15) is 10.5 Å². The number of nitrogens with zero attached hydrogens (tertiary/aromatic N) is 2. The lowest BCUT2D eigenvalue weighted by Crippen LogP contribution is -2.03. The smallest absolute Gasteiger partial charge is 0.102 e. The van der Waals surface area contributed by atoms with Crippen LogP contribution in [0.3, 0.4) is 0 Å². The number of nitrogens with two attached hydrogens (primary N) is 1. The highest BCUT2D eigenvalue weighted by Gasteiger charge is 2.30. The minimum Gasteiger partial charge on any atom is -0.397 e. The second-order valence-electron chi connectivity index (χ2n) is 6.07. The van der Waals surface area contributed by atoms with Crippen molar-refractivity contribution in [3.05, 3.63) is 74.8 Å². The zero-order valence-electron chi connectivity index (χ0n) is 13.5. The van der Waals surface area contributed by atoms with Crippen LogP contribution in [0.2, 0.25) is 10.0 Å². The van der Waals surface area contributed by atoms with E-state index >= 15 is 0 Å². The summed E-state index contributed by atoms with van der Waals surface area (Å²) in [6, 6.07) is 17.4. The second kappa shape index (κ2) is 6.07. The Morgan fingerprint density at radius 2 is 1.54 bits per heavy atom. The topological polar surface area (TPSA) is 73.6 Å². The van der Waals surface area contributed by atoms with E-state index in [2.05, 4.69) is 12.1 Å². The van der Waals surface area contributed by atoms with Crippen LogP contribution in [0.1, 0.15) is 22.3 Å². The fraction of sp³-hybridized carbons (Fsp3) is 0.0476. The van der Waals surface area contributed by atoms with Crippen LogP contribution in [0.15, 0.2) is 42.5 Å². The van der Waals surface area contributed by atoms with Gasteiger partial charge in [-0.25, -0.2) is 0 Å². The van der Waals surface area contributed by atoms with Crippen LogP contribution in [0.25, 0.3) is 22.3 Å². The van der Waals surface area contributed by atoms with Gasteiger partial charge in [0, 0.05) is 26.7 Å². The number of benzene rings is 3. The van der Waals surface area contributed by atoms with Gasteiger partial charge in [0.1, 0.15) is 12.1 Å². The molecule has 0 saturated carbocycles. The number of nitriles is 2. The fourth-order valence-corrected chi connectivity index (χ4v) is 4.13. The standard InChI is InChI=1S/C21H11Cl2N3/c22-12-5-6-14(18(23)8-12)20-15-7-11-3-1-2-4-13(11)19(15)16(9-24)21(26)17(20)10-25/h1-6,8H,7,26H2. The second-order valence-corrected chi connectivity index (χ2v) is 6.92. The third kappa shape index (κ3) is 2.26. The number of hydrogen-bond acceptors (Lipinski definition) is 3. The predicted molar refractivity (Wildman–Crippen MR) is 104 cm³/mol. The molecule has 0 aromatic heterocycles. The highest BCUT2D eigenvalue weighted by molar-refractivity contribution is 6.36. The molecule has 0 atom stereocenters. The van der Waals surface area contributed by atoms with E-state index in [1.165, 1.54) is 0 Å². The Labute approximate surface area is 160 Å². The van der Waals surface area contributed by atoms with E-state index in [-0.39, 0.29) is 11.3 Å². The summed E-state index contributed by atoms with van der Waals surface area (Å²) in [5.74, 6) is 0. The Hall–Kier alpha value is -2.98. The van der Waals surface area contributed by atoms with Gasteiger partial charge in [-0.15, -0.1) is 0 Å². The average Bonchev–Trinajstić information content (AvgIpc) is 3.00. The summed E-state index contributed by atoms with van der Waals surface area (Å²) in [4.78, 5) is 0. The molecular formula is C21H11Cl2N3. The van der Waals surface area contributed by atoms with Crippen LogP contribution in [0, 0.1) is 22.7 Å². The third-order valence-corrected chi connectivity index (χ3v) is 5.27. The number of halogens is 2. The SMILES string of the molecule is N#Cc1c(N)c(C#N)c2c(c1-c1ccc(Cl)cc1Cl)Cc1ccccc1-2. The molecule has 0 bridgehead atoms. The van der Waals surface area contributed by atoms with E-state index in [4.69, 9.17) is 28.9 Å². The van der Waals surface area contributed by atoms with Crippen molar-refractivity contribution in [2.45, 2.75) is 6.42 Å². The minimum atomic E-state index is 0.187. The molecule has 4 rings (SSSR count). The van der Waals surface area contributed by atoms with Gasteiger partial charge in [-0.05, 0) is 35.2 Å². The Morgan fingerprint density at radius 1 is 0.885 bits per heavy atom. The van der Waals surface area contributed by atoms with Gasteiger partial charge >= 0.3 is 0 Å². The van der Waals surface area contributed by atoms with Gasteiger partial charge in [0.05, 0.1) is 16.8 Å². The van der Waals surface area contributed by atoms with Gasteiger partial charge in [0.15, 0.2) is 0 Å². The van der Waals surface area contributed by atoms with E-state index in [1.807, 2.05) is 24.3 Å². The van der Waals surface area contributed by atoms with Crippen LogP contribution in [-0.4, -0.2) is 0 Å². The Balaban J connectivity index is 2.17. The first kappa shape index (κ1) is 16.5. The molecule has 2 N–H and O–H groups in total. The lowest BCUT2D eigenvalue weighted by atomic mass is 9.87. The molecule has 0 heterocycles. The molecule has 26 heavy (non-hydrogen) atoms. The Morgan fingerprint density at radius 3 is 2.19 bits per heavy atom. The summed E-state index contributed by atoms with van der Waals surface area (Å²) >= 11 is 12.5. The molecule has 0 spiro atoms. The van der Waals surface area contributed by atoms with Crippen molar-refractivity contribution < 1.29 is 0 Å². The fourth-order valence-electron chi connectivity index (χ4n) is 3.63. The van der Waals surface area contributed by atoms with Crippen LogP contribution in [-0.2, 0) is 6.42 Å². The van der Waals surface area contributed by atoms with Crippen molar-refractivity contribution >= 4 is 28.9 Å². The summed E-state index contributed by atoms with van der Waals surface area (Å²) in [5, 5.41) is 20.4. The maximum Gasteiger partial charge on any atom is 0.102 e. The zero-order chi connectivity index (χ0) is 18.4. The molecule has 5 heteroatoms. The van der Waals surface area contributed by atoms with Crippen LogP contribution >= 0.6 is 23.2 Å². The van der Waals surface area contributed by atoms with E-state index in [0.29, 0.717) is 33.2 Å². The number of hydrogen-bond donors (Lipinski definition) is 1. The van der Waals surface area contributed by atoms with Gasteiger partial charge in [-0.3, -0.25) is 0 Å². The molecule has 1 aliphatic carbocycles. The predicted octanol–water partition coefficient (Wildman–Crippen LogP) is 5.56. The molecule has 1 aliphatic rings. The van der Waals surface area contributed by atoms with E-state index in [1.54, 1.807) is 18.2 Å². The van der Waals surface area contributed by atoms with Crippen LogP contribution in [0.5, 0.6) is 0 Å². The quantitative estimate of drug-likeness (QED) is 0.442. The van der Waals surface area contributed by atoms with Crippen LogP contribution in [0.4, 0.5) is 5.69 Å². The van der Waals surface area contributed by atoms with Gasteiger partial charge in [0.2, 0.25) is 0 Å². The normalized spacial score (nSPS) is 11.4. The van der Waals surface area contributed by atoms with Gasteiger partial charge in [0.25, 0.3) is 0 Å². The first-order valence-corrected chi connectivity index (χ1v) is 8.64. The maximum atomic E-state index is 9.77. The molecule has 0 saturated heterocycles. The van der Waals surface area contributed by atoms with Gasteiger partial charge in [-0.2, -0.15) is 10.5 Å². The summed E-state index contributed by atoms with van der Waals surface area (Å²) in [5.41, 5.74) is 12.2. The minimum absolute atomic E-state index is 0.187. The molecule has 0 amide bonds. The number of anilines is 1. The van der Waals surface area contributed by atoms with Crippen molar-refractivity contribution in [3.8, 4) is 34.4 Å². The number of rotatable bonds is 1. The highest BCUT2D eigenvalue weighted by atomic mass is 35.5. The summed E-state index contributed by atoms with van der Waals surface area (Å²) in [6.45, 7) is 0. The van der Waals surface area contributed by atoms with E-state index in [0.717, 1.165) is 22.3 Å².